The van der Waals surface area contributed by atoms with E-state index >= 15 is 0 Å². The minimum atomic E-state index is -2.97. The molecule has 1 aliphatic carbocycles. The number of benzene rings is 2. The van der Waals surface area contributed by atoms with Crippen molar-refractivity contribution in [2.75, 3.05) is 17.2 Å². The number of allylic oxidation sites excluding steroid dienone is 2. The largest absolute Gasteiger partial charge is 0.490 e. The standard InChI is InChI=1S/C25H26F2N2O4/c1-2-32-22-15-18(11-13-21(22)33-25(26)27)12-14-23(30)28-19-9-5-6-10-20(19)29-24(31)16-17-7-3-4-8-17/h3,5-7,9-15,17,25H,2,4,8,16H2,1H3,(H,28,30)(H,29,31)/b14-12+. The quantitative estimate of drug-likeness (QED) is 0.359. The third-order valence-corrected chi connectivity index (χ3v) is 4.93. The molecule has 2 aromatic carbocycles. The lowest BCUT2D eigenvalue weighted by molar-refractivity contribution is -0.117. The van der Waals surface area contributed by atoms with Crippen LogP contribution in [0.15, 0.2) is 60.7 Å². The molecule has 0 aromatic heterocycles. The van der Waals surface area contributed by atoms with Gasteiger partial charge in [0.25, 0.3) is 0 Å². The van der Waals surface area contributed by atoms with Crippen molar-refractivity contribution in [2.24, 2.45) is 5.92 Å². The molecule has 174 valence electrons. The van der Waals surface area contributed by atoms with E-state index in [2.05, 4.69) is 27.5 Å². The van der Waals surface area contributed by atoms with Gasteiger partial charge in [-0.3, -0.25) is 9.59 Å². The number of nitrogens with one attached hydrogen (secondary N) is 2. The van der Waals surface area contributed by atoms with E-state index in [0.717, 1.165) is 12.8 Å². The molecule has 0 spiro atoms. The topological polar surface area (TPSA) is 76.7 Å². The highest BCUT2D eigenvalue weighted by Gasteiger charge is 2.15. The number of rotatable bonds is 10. The van der Waals surface area contributed by atoms with Crippen molar-refractivity contribution < 1.29 is 27.8 Å². The number of carbonyl (C=O) groups excluding carboxylic acids is 2. The van der Waals surface area contributed by atoms with Crippen molar-refractivity contribution in [3.8, 4) is 11.5 Å². The van der Waals surface area contributed by atoms with Crippen LogP contribution >= 0.6 is 0 Å². The fourth-order valence-corrected chi connectivity index (χ4v) is 3.44. The van der Waals surface area contributed by atoms with Gasteiger partial charge in [0.2, 0.25) is 11.8 Å². The van der Waals surface area contributed by atoms with E-state index in [0.29, 0.717) is 23.4 Å². The van der Waals surface area contributed by atoms with Crippen LogP contribution in [0.4, 0.5) is 20.2 Å². The zero-order valence-corrected chi connectivity index (χ0v) is 18.2. The molecule has 2 N–H and O–H groups in total. The SMILES string of the molecule is CCOc1cc(/C=C/C(=O)Nc2ccccc2NC(=O)CC2C=CCC2)ccc1OC(F)F. The molecule has 6 nitrogen and oxygen atoms in total. The Morgan fingerprint density at radius 2 is 1.88 bits per heavy atom. The number of ether oxygens (including phenoxy) is 2. The van der Waals surface area contributed by atoms with Gasteiger partial charge in [0.15, 0.2) is 11.5 Å². The molecule has 0 saturated carbocycles. The maximum Gasteiger partial charge on any atom is 0.387 e. The highest BCUT2D eigenvalue weighted by atomic mass is 19.3. The fraction of sp³-hybridized carbons (Fsp3) is 0.280. The minimum absolute atomic E-state index is 0.0776. The van der Waals surface area contributed by atoms with Crippen molar-refractivity contribution in [1.82, 2.24) is 0 Å². The molecule has 1 unspecified atom stereocenters. The Morgan fingerprint density at radius 1 is 1.12 bits per heavy atom. The van der Waals surface area contributed by atoms with Crippen LogP contribution in [-0.2, 0) is 9.59 Å². The summed E-state index contributed by atoms with van der Waals surface area (Å²) in [7, 11) is 0. The zero-order valence-electron chi connectivity index (χ0n) is 18.2. The van der Waals surface area contributed by atoms with Gasteiger partial charge in [-0.2, -0.15) is 8.78 Å². The minimum Gasteiger partial charge on any atom is -0.490 e. The highest BCUT2D eigenvalue weighted by molar-refractivity contribution is 6.05. The Bertz CT molecular complexity index is 1040. The van der Waals surface area contributed by atoms with E-state index in [-0.39, 0.29) is 29.9 Å². The van der Waals surface area contributed by atoms with E-state index < -0.39 is 12.5 Å². The van der Waals surface area contributed by atoms with Gasteiger partial charge in [0, 0.05) is 12.5 Å². The first-order valence-corrected chi connectivity index (χ1v) is 10.7. The Morgan fingerprint density at radius 3 is 2.55 bits per heavy atom. The summed E-state index contributed by atoms with van der Waals surface area (Å²) in [6.45, 7) is -0.971. The van der Waals surface area contributed by atoms with Crippen molar-refractivity contribution in [3.63, 3.8) is 0 Å². The lowest BCUT2D eigenvalue weighted by Crippen LogP contribution is -2.17. The summed E-state index contributed by atoms with van der Waals surface area (Å²) >= 11 is 0. The molecule has 2 amide bonds. The lowest BCUT2D eigenvalue weighted by atomic mass is 10.0. The van der Waals surface area contributed by atoms with Gasteiger partial charge in [-0.1, -0.05) is 30.4 Å². The predicted molar refractivity (Wildman–Crippen MR) is 123 cm³/mol. The summed E-state index contributed by atoms with van der Waals surface area (Å²) in [6, 6.07) is 11.4. The number of amides is 2. The third-order valence-electron chi connectivity index (χ3n) is 4.93. The lowest BCUT2D eigenvalue weighted by Gasteiger charge is -2.13. The van der Waals surface area contributed by atoms with E-state index in [4.69, 9.17) is 4.74 Å². The fourth-order valence-electron chi connectivity index (χ4n) is 3.44. The molecular formula is C25H26F2N2O4. The Hall–Kier alpha value is -3.68. The summed E-state index contributed by atoms with van der Waals surface area (Å²) in [6.07, 6.45) is 9.32. The highest BCUT2D eigenvalue weighted by Crippen LogP contribution is 2.30. The van der Waals surface area contributed by atoms with Crippen molar-refractivity contribution in [3.05, 3.63) is 66.3 Å². The second-order valence-corrected chi connectivity index (χ2v) is 7.40. The van der Waals surface area contributed by atoms with Crippen molar-refractivity contribution in [1.29, 1.82) is 0 Å². The molecule has 0 bridgehead atoms. The summed E-state index contributed by atoms with van der Waals surface area (Å²) < 4.78 is 34.9. The maximum absolute atomic E-state index is 12.5. The Balaban J connectivity index is 1.64. The Labute approximate surface area is 191 Å². The van der Waals surface area contributed by atoms with Gasteiger partial charge < -0.3 is 20.1 Å². The summed E-state index contributed by atoms with van der Waals surface area (Å²) in [4.78, 5) is 24.8. The van der Waals surface area contributed by atoms with Crippen LogP contribution in [0.25, 0.3) is 6.08 Å². The molecule has 8 heteroatoms. The zero-order chi connectivity index (χ0) is 23.6. The first kappa shape index (κ1) is 24.0. The molecule has 3 rings (SSSR count). The van der Waals surface area contributed by atoms with Crippen LogP contribution < -0.4 is 20.1 Å². The van der Waals surface area contributed by atoms with Crippen molar-refractivity contribution in [2.45, 2.75) is 32.8 Å². The van der Waals surface area contributed by atoms with Gasteiger partial charge in [0.05, 0.1) is 18.0 Å². The first-order valence-electron chi connectivity index (χ1n) is 10.7. The molecule has 0 radical (unpaired) electrons. The summed E-state index contributed by atoms with van der Waals surface area (Å²) in [5, 5.41) is 5.60. The number of anilines is 2. The van der Waals surface area contributed by atoms with E-state index in [9.17, 15) is 18.4 Å². The van der Waals surface area contributed by atoms with Gasteiger partial charge in [-0.15, -0.1) is 0 Å². The molecule has 33 heavy (non-hydrogen) atoms. The third kappa shape index (κ3) is 7.45. The Kier molecular flexibility index (Phi) is 8.57. The molecule has 0 aliphatic heterocycles. The van der Waals surface area contributed by atoms with E-state index in [1.54, 1.807) is 31.2 Å². The number of hydrogen-bond acceptors (Lipinski definition) is 4. The molecule has 1 aliphatic rings. The van der Waals surface area contributed by atoms with Gasteiger partial charge in [-0.25, -0.2) is 0 Å². The molecule has 1 atom stereocenters. The normalized spacial score (nSPS) is 15.1. The van der Waals surface area contributed by atoms with E-state index in [1.165, 1.54) is 30.4 Å². The molecule has 0 saturated heterocycles. The van der Waals surface area contributed by atoms with Gasteiger partial charge in [0.1, 0.15) is 0 Å². The van der Waals surface area contributed by atoms with Crippen LogP contribution in [0, 0.1) is 5.92 Å². The van der Waals surface area contributed by atoms with Crippen molar-refractivity contribution >= 4 is 29.3 Å². The average molecular weight is 456 g/mol. The first-order chi connectivity index (χ1) is 15.9. The number of halogens is 2. The van der Waals surface area contributed by atoms with Crippen LogP contribution in [0.2, 0.25) is 0 Å². The summed E-state index contributed by atoms with van der Waals surface area (Å²) in [5.41, 5.74) is 1.55. The summed E-state index contributed by atoms with van der Waals surface area (Å²) in [5.74, 6) is -0.204. The van der Waals surface area contributed by atoms with Crippen LogP contribution in [0.1, 0.15) is 31.7 Å². The number of carbonyl (C=O) groups is 2. The van der Waals surface area contributed by atoms with Crippen LogP contribution in [0.5, 0.6) is 11.5 Å². The van der Waals surface area contributed by atoms with Gasteiger partial charge >= 0.3 is 6.61 Å². The predicted octanol–water partition coefficient (Wildman–Crippen LogP) is 5.63. The molecule has 0 fully saturated rings. The molecule has 2 aromatic rings. The second kappa shape index (κ2) is 11.8. The number of alkyl halides is 2. The smallest absolute Gasteiger partial charge is 0.387 e. The number of para-hydroxylation sites is 2. The molecular weight excluding hydrogens is 430 g/mol. The van der Waals surface area contributed by atoms with Gasteiger partial charge in [-0.05, 0) is 61.6 Å². The van der Waals surface area contributed by atoms with Crippen LogP contribution in [-0.4, -0.2) is 25.0 Å². The number of hydrogen-bond donors (Lipinski definition) is 2. The maximum atomic E-state index is 12.5. The molecule has 0 heterocycles. The van der Waals surface area contributed by atoms with Crippen LogP contribution in [0.3, 0.4) is 0 Å². The average Bonchev–Trinajstić information content (AvgIpc) is 3.28. The second-order valence-electron chi connectivity index (χ2n) is 7.40. The monoisotopic (exact) mass is 456 g/mol. The van der Waals surface area contributed by atoms with E-state index in [1.807, 2.05) is 0 Å².